The Balaban J connectivity index is 1.99. The van der Waals surface area contributed by atoms with Crippen LogP contribution in [-0.4, -0.2) is 13.4 Å². The van der Waals surface area contributed by atoms with Crippen LogP contribution in [0.1, 0.15) is 5.56 Å². The molecule has 0 bridgehead atoms. The number of pyridine rings is 1. The molecule has 2 aromatic heterocycles. The molecule has 0 aliphatic heterocycles. The molecule has 27 heavy (non-hydrogen) atoms. The first-order valence-electron chi connectivity index (χ1n) is 7.89. The van der Waals surface area contributed by atoms with Crippen LogP contribution in [0.25, 0.3) is 21.3 Å². The number of thiophene rings is 1. The van der Waals surface area contributed by atoms with Crippen LogP contribution >= 0.6 is 22.9 Å². The van der Waals surface area contributed by atoms with Crippen molar-refractivity contribution in [2.45, 2.75) is 9.10 Å². The fraction of sp³-hybridized carbons (Fsp3) is 0. The van der Waals surface area contributed by atoms with Gasteiger partial charge in [0.2, 0.25) is 9.84 Å². The van der Waals surface area contributed by atoms with E-state index in [0.717, 1.165) is 22.3 Å². The highest BCUT2D eigenvalue weighted by Gasteiger charge is 2.27. The van der Waals surface area contributed by atoms with E-state index in [2.05, 4.69) is 4.98 Å². The van der Waals surface area contributed by atoms with Gasteiger partial charge in [-0.3, -0.25) is 0 Å². The van der Waals surface area contributed by atoms with Gasteiger partial charge in [-0.25, -0.2) is 13.4 Å². The van der Waals surface area contributed by atoms with Gasteiger partial charge in [0, 0.05) is 22.2 Å². The van der Waals surface area contributed by atoms with E-state index >= 15 is 0 Å². The monoisotopic (exact) mass is 410 g/mol. The van der Waals surface area contributed by atoms with Crippen LogP contribution < -0.4 is 0 Å². The maximum absolute atomic E-state index is 13.3. The van der Waals surface area contributed by atoms with Gasteiger partial charge in [-0.2, -0.15) is 5.26 Å². The topological polar surface area (TPSA) is 70.8 Å². The Morgan fingerprint density at radius 1 is 1.00 bits per heavy atom. The number of sulfone groups is 1. The van der Waals surface area contributed by atoms with Crippen LogP contribution in [0.3, 0.4) is 0 Å². The zero-order valence-corrected chi connectivity index (χ0v) is 16.1. The van der Waals surface area contributed by atoms with Crippen molar-refractivity contribution in [1.82, 2.24) is 4.98 Å². The summed E-state index contributed by atoms with van der Waals surface area (Å²) < 4.78 is 26.9. The summed E-state index contributed by atoms with van der Waals surface area (Å²) in [4.78, 5) is 5.11. The highest BCUT2D eigenvalue weighted by Crippen LogP contribution is 2.43. The molecule has 0 aliphatic carbocycles. The maximum Gasteiger partial charge on any atom is 0.216 e. The smallest absolute Gasteiger partial charge is 0.216 e. The maximum atomic E-state index is 13.3. The molecule has 0 atom stereocenters. The van der Waals surface area contributed by atoms with Crippen molar-refractivity contribution in [2.75, 3.05) is 0 Å². The minimum Gasteiger partial charge on any atom is -0.245 e. The molecule has 2 aromatic carbocycles. The second-order valence-electron chi connectivity index (χ2n) is 5.77. The van der Waals surface area contributed by atoms with E-state index in [9.17, 15) is 8.42 Å². The fourth-order valence-corrected chi connectivity index (χ4v) is 6.00. The summed E-state index contributed by atoms with van der Waals surface area (Å²) in [6, 6.07) is 18.6. The van der Waals surface area contributed by atoms with Crippen LogP contribution in [0.2, 0.25) is 5.02 Å². The first kappa shape index (κ1) is 17.7. The average molecular weight is 411 g/mol. The third kappa shape index (κ3) is 3.10. The van der Waals surface area contributed by atoms with E-state index in [0.29, 0.717) is 21.0 Å². The van der Waals surface area contributed by atoms with Gasteiger partial charge in [0.25, 0.3) is 0 Å². The van der Waals surface area contributed by atoms with Gasteiger partial charge in [0.1, 0.15) is 9.04 Å². The fourth-order valence-electron chi connectivity index (χ4n) is 2.81. The molecule has 0 N–H and O–H groups in total. The lowest BCUT2D eigenvalue weighted by Gasteiger charge is -2.07. The number of nitrogens with zero attached hydrogens (tertiary/aromatic N) is 2. The van der Waals surface area contributed by atoms with E-state index in [-0.39, 0.29) is 9.10 Å². The van der Waals surface area contributed by atoms with Gasteiger partial charge in [-0.1, -0.05) is 23.7 Å². The third-order valence-corrected chi connectivity index (χ3v) is 7.76. The summed E-state index contributed by atoms with van der Waals surface area (Å²) in [6.45, 7) is 0. The molecule has 0 saturated carbocycles. The Hall–Kier alpha value is -2.72. The zero-order chi connectivity index (χ0) is 19.0. The Kier molecular flexibility index (Phi) is 4.44. The molecule has 0 amide bonds. The number of rotatable bonds is 3. The highest BCUT2D eigenvalue weighted by atomic mass is 35.5. The van der Waals surface area contributed by atoms with Crippen molar-refractivity contribution in [3.8, 4) is 17.2 Å². The SMILES string of the molecule is N#Cc1ccc(S(=O)(=O)c2sc3ncccc3c2-c2ccc(Cl)cc2)cc1. The number of halogens is 1. The minimum absolute atomic E-state index is 0.142. The number of hydrogen-bond acceptors (Lipinski definition) is 5. The van der Waals surface area contributed by atoms with Gasteiger partial charge in [-0.05, 0) is 54.1 Å². The van der Waals surface area contributed by atoms with Crippen molar-refractivity contribution < 1.29 is 8.42 Å². The van der Waals surface area contributed by atoms with Crippen molar-refractivity contribution in [2.24, 2.45) is 0 Å². The molecule has 7 heteroatoms. The first-order chi connectivity index (χ1) is 13.0. The second-order valence-corrected chi connectivity index (χ2v) is 9.35. The largest absolute Gasteiger partial charge is 0.245 e. The normalized spacial score (nSPS) is 11.4. The number of nitriles is 1. The predicted octanol–water partition coefficient (Wildman–Crippen LogP) is 5.32. The highest BCUT2D eigenvalue weighted by molar-refractivity contribution is 7.93. The molecule has 0 aliphatic rings. The molecule has 2 heterocycles. The number of fused-ring (bicyclic) bond motifs is 1. The van der Waals surface area contributed by atoms with Gasteiger partial charge >= 0.3 is 0 Å². The number of aromatic nitrogens is 1. The molecule has 4 aromatic rings. The van der Waals surface area contributed by atoms with Crippen molar-refractivity contribution in [3.05, 3.63) is 77.4 Å². The predicted molar refractivity (Wildman–Crippen MR) is 107 cm³/mol. The number of hydrogen-bond donors (Lipinski definition) is 0. The van der Waals surface area contributed by atoms with Gasteiger partial charge < -0.3 is 0 Å². The number of benzene rings is 2. The molecule has 0 radical (unpaired) electrons. The molecule has 0 saturated heterocycles. The van der Waals surface area contributed by atoms with Gasteiger partial charge in [0.05, 0.1) is 16.5 Å². The van der Waals surface area contributed by atoms with Crippen LogP contribution in [0.15, 0.2) is 76.0 Å². The quantitative estimate of drug-likeness (QED) is 0.458. The molecule has 132 valence electrons. The van der Waals surface area contributed by atoms with E-state index in [4.69, 9.17) is 16.9 Å². The molecule has 0 spiro atoms. The average Bonchev–Trinajstić information content (AvgIpc) is 3.09. The summed E-state index contributed by atoms with van der Waals surface area (Å²) >= 11 is 7.13. The van der Waals surface area contributed by atoms with E-state index in [1.165, 1.54) is 24.3 Å². The van der Waals surface area contributed by atoms with Crippen LogP contribution in [-0.2, 0) is 9.84 Å². The van der Waals surface area contributed by atoms with Crippen molar-refractivity contribution >= 4 is 43.0 Å². The van der Waals surface area contributed by atoms with E-state index in [1.807, 2.05) is 12.1 Å². The second kappa shape index (κ2) is 6.78. The summed E-state index contributed by atoms with van der Waals surface area (Å²) in [5.41, 5.74) is 1.78. The van der Waals surface area contributed by atoms with E-state index < -0.39 is 9.84 Å². The molecule has 0 unspecified atom stereocenters. The Bertz CT molecular complexity index is 1290. The van der Waals surface area contributed by atoms with Crippen molar-refractivity contribution in [3.63, 3.8) is 0 Å². The molecule has 4 nitrogen and oxygen atoms in total. The lowest BCUT2D eigenvalue weighted by atomic mass is 10.1. The summed E-state index contributed by atoms with van der Waals surface area (Å²) in [5.74, 6) is 0. The summed E-state index contributed by atoms with van der Waals surface area (Å²) in [6.07, 6.45) is 1.64. The zero-order valence-electron chi connectivity index (χ0n) is 13.8. The molecule has 0 fully saturated rings. The molecule has 4 rings (SSSR count). The lowest BCUT2D eigenvalue weighted by molar-refractivity contribution is 0.598. The Labute approximate surface area is 165 Å². The van der Waals surface area contributed by atoms with Crippen LogP contribution in [0.4, 0.5) is 0 Å². The Morgan fingerprint density at radius 2 is 1.70 bits per heavy atom. The van der Waals surface area contributed by atoms with Gasteiger partial charge in [-0.15, -0.1) is 11.3 Å². The summed E-state index contributed by atoms with van der Waals surface area (Å²) in [5, 5.41) is 10.3. The first-order valence-corrected chi connectivity index (χ1v) is 10.6. The van der Waals surface area contributed by atoms with E-state index in [1.54, 1.807) is 36.5 Å². The molecular formula is C20H11ClN2O2S2. The van der Waals surface area contributed by atoms with Crippen LogP contribution in [0.5, 0.6) is 0 Å². The standard InChI is InChI=1S/C20H11ClN2O2S2/c21-15-7-5-14(6-8-15)18-17-2-1-11-23-19(17)26-20(18)27(24,25)16-9-3-13(12-22)4-10-16/h1-11H. The minimum atomic E-state index is -3.78. The lowest BCUT2D eigenvalue weighted by Crippen LogP contribution is -2.01. The van der Waals surface area contributed by atoms with Crippen LogP contribution in [0, 0.1) is 11.3 Å². The van der Waals surface area contributed by atoms with Crippen molar-refractivity contribution in [1.29, 1.82) is 5.26 Å². The Morgan fingerprint density at radius 3 is 2.37 bits per heavy atom. The molecular weight excluding hydrogens is 400 g/mol. The van der Waals surface area contributed by atoms with Gasteiger partial charge in [0.15, 0.2) is 0 Å². The summed E-state index contributed by atoms with van der Waals surface area (Å²) in [7, 11) is -3.78. The third-order valence-electron chi connectivity index (χ3n) is 4.10.